The number of amides is 1. The van der Waals surface area contributed by atoms with Crippen LogP contribution < -0.4 is 4.90 Å². The predicted octanol–water partition coefficient (Wildman–Crippen LogP) is 2.04. The number of anilines is 1. The van der Waals surface area contributed by atoms with Gasteiger partial charge in [-0.3, -0.25) is 4.79 Å². The van der Waals surface area contributed by atoms with E-state index in [0.717, 1.165) is 29.0 Å². The first-order chi connectivity index (χ1) is 7.13. The van der Waals surface area contributed by atoms with Gasteiger partial charge in [0, 0.05) is 18.3 Å². The van der Waals surface area contributed by atoms with Crippen molar-refractivity contribution in [3.05, 3.63) is 11.5 Å². The summed E-state index contributed by atoms with van der Waals surface area (Å²) >= 11 is 3.41. The summed E-state index contributed by atoms with van der Waals surface area (Å²) in [5.41, 5.74) is 1.64. The number of carbonyl (C=O) groups excluding carboxylic acids is 1. The number of nitrogens with zero attached hydrogens (tertiary/aromatic N) is 2. The van der Waals surface area contributed by atoms with Gasteiger partial charge in [-0.2, -0.15) is 0 Å². The summed E-state index contributed by atoms with van der Waals surface area (Å²) in [5.74, 6) is 1.27. The second-order valence-electron chi connectivity index (χ2n) is 3.90. The lowest BCUT2D eigenvalue weighted by Gasteiger charge is -2.15. The molecule has 2 heterocycles. The van der Waals surface area contributed by atoms with Crippen molar-refractivity contribution in [1.29, 1.82) is 0 Å². The van der Waals surface area contributed by atoms with Gasteiger partial charge in [0.05, 0.1) is 0 Å². The van der Waals surface area contributed by atoms with E-state index in [4.69, 9.17) is 4.52 Å². The zero-order valence-electron chi connectivity index (χ0n) is 8.79. The Morgan fingerprint density at radius 3 is 2.80 bits per heavy atom. The Hall–Kier alpha value is -0.840. The van der Waals surface area contributed by atoms with Crippen molar-refractivity contribution in [2.45, 2.75) is 20.3 Å². The number of rotatable bonds is 2. The molecule has 0 N–H and O–H groups in total. The molecular formula is C10H13BrN2O2. The summed E-state index contributed by atoms with van der Waals surface area (Å²) in [4.78, 5) is 13.6. The fraction of sp³-hybridized carbons (Fsp3) is 0.600. The predicted molar refractivity (Wildman–Crippen MR) is 60.2 cm³/mol. The Bertz CT molecular complexity index is 369. The van der Waals surface area contributed by atoms with E-state index in [0.29, 0.717) is 12.3 Å². The topological polar surface area (TPSA) is 46.3 Å². The maximum atomic E-state index is 11.8. The molecule has 1 saturated heterocycles. The molecule has 1 unspecified atom stereocenters. The van der Waals surface area contributed by atoms with Gasteiger partial charge in [-0.1, -0.05) is 21.1 Å². The number of alkyl halides is 1. The molecule has 0 bridgehead atoms. The summed E-state index contributed by atoms with van der Waals surface area (Å²) < 4.78 is 5.07. The Morgan fingerprint density at radius 2 is 2.33 bits per heavy atom. The molecule has 1 aliphatic rings. The van der Waals surface area contributed by atoms with Crippen LogP contribution >= 0.6 is 15.9 Å². The van der Waals surface area contributed by atoms with Crippen molar-refractivity contribution in [2.24, 2.45) is 5.92 Å². The van der Waals surface area contributed by atoms with E-state index in [9.17, 15) is 4.79 Å². The van der Waals surface area contributed by atoms with Crippen LogP contribution in [0.3, 0.4) is 0 Å². The minimum Gasteiger partial charge on any atom is -0.359 e. The average molecular weight is 273 g/mol. The molecule has 1 aromatic heterocycles. The largest absolute Gasteiger partial charge is 0.359 e. The molecule has 82 valence electrons. The van der Waals surface area contributed by atoms with Crippen LogP contribution in [0.25, 0.3) is 0 Å². The van der Waals surface area contributed by atoms with E-state index < -0.39 is 0 Å². The lowest BCUT2D eigenvalue weighted by molar-refractivity contribution is -0.117. The van der Waals surface area contributed by atoms with Crippen molar-refractivity contribution in [3.63, 3.8) is 0 Å². The number of hydrogen-bond acceptors (Lipinski definition) is 3. The van der Waals surface area contributed by atoms with E-state index in [-0.39, 0.29) is 5.91 Å². The monoisotopic (exact) mass is 272 g/mol. The third kappa shape index (κ3) is 1.80. The van der Waals surface area contributed by atoms with Crippen LogP contribution in [0.15, 0.2) is 4.52 Å². The minimum atomic E-state index is 0.161. The van der Waals surface area contributed by atoms with Gasteiger partial charge in [0.15, 0.2) is 5.76 Å². The van der Waals surface area contributed by atoms with E-state index in [2.05, 4.69) is 21.1 Å². The van der Waals surface area contributed by atoms with Crippen LogP contribution in [0.1, 0.15) is 17.9 Å². The first-order valence-corrected chi connectivity index (χ1v) is 6.04. The Morgan fingerprint density at radius 1 is 1.60 bits per heavy atom. The van der Waals surface area contributed by atoms with Crippen LogP contribution in [0.5, 0.6) is 0 Å². The van der Waals surface area contributed by atoms with Gasteiger partial charge in [0.1, 0.15) is 11.4 Å². The Balaban J connectivity index is 2.29. The molecule has 1 fully saturated rings. The van der Waals surface area contributed by atoms with Crippen LogP contribution in [-0.2, 0) is 4.79 Å². The first-order valence-electron chi connectivity index (χ1n) is 4.92. The third-order valence-corrected chi connectivity index (χ3v) is 3.60. The number of carbonyl (C=O) groups is 1. The second-order valence-corrected chi connectivity index (χ2v) is 4.55. The fourth-order valence-electron chi connectivity index (χ4n) is 1.96. The van der Waals surface area contributed by atoms with E-state index >= 15 is 0 Å². The van der Waals surface area contributed by atoms with Gasteiger partial charge in [0.2, 0.25) is 5.91 Å². The molecule has 4 nitrogen and oxygen atoms in total. The quantitative estimate of drug-likeness (QED) is 0.775. The SMILES string of the molecule is Cc1noc(C)c1N1CC(CBr)CC1=O. The van der Waals surface area contributed by atoms with Crippen molar-refractivity contribution < 1.29 is 9.32 Å². The smallest absolute Gasteiger partial charge is 0.227 e. The normalized spacial score (nSPS) is 21.4. The summed E-state index contributed by atoms with van der Waals surface area (Å²) in [6.07, 6.45) is 0.606. The maximum Gasteiger partial charge on any atom is 0.227 e. The lowest BCUT2D eigenvalue weighted by Crippen LogP contribution is -2.25. The number of hydrogen-bond donors (Lipinski definition) is 0. The fourth-order valence-corrected chi connectivity index (χ4v) is 2.40. The molecule has 5 heteroatoms. The molecule has 1 amide bonds. The molecule has 0 saturated carbocycles. The zero-order valence-corrected chi connectivity index (χ0v) is 10.4. The highest BCUT2D eigenvalue weighted by molar-refractivity contribution is 9.09. The van der Waals surface area contributed by atoms with Crippen molar-refractivity contribution in [1.82, 2.24) is 5.16 Å². The van der Waals surface area contributed by atoms with Crippen molar-refractivity contribution in [2.75, 3.05) is 16.8 Å². The van der Waals surface area contributed by atoms with Crippen molar-refractivity contribution in [3.8, 4) is 0 Å². The van der Waals surface area contributed by atoms with Gasteiger partial charge < -0.3 is 9.42 Å². The zero-order chi connectivity index (χ0) is 11.0. The first kappa shape index (κ1) is 10.7. The Kier molecular flexibility index (Phi) is 2.82. The molecule has 0 aliphatic carbocycles. The summed E-state index contributed by atoms with van der Waals surface area (Å²) in [7, 11) is 0. The molecule has 1 aromatic rings. The number of aryl methyl sites for hydroxylation is 2. The van der Waals surface area contributed by atoms with E-state index in [1.807, 2.05) is 13.8 Å². The van der Waals surface area contributed by atoms with Crippen LogP contribution in [-0.4, -0.2) is 22.9 Å². The average Bonchev–Trinajstić information content (AvgIpc) is 2.71. The summed E-state index contributed by atoms with van der Waals surface area (Å²) in [6, 6.07) is 0. The number of halogens is 1. The summed E-state index contributed by atoms with van der Waals surface area (Å²) in [5, 5.41) is 4.73. The van der Waals surface area contributed by atoms with Crippen LogP contribution in [0.2, 0.25) is 0 Å². The van der Waals surface area contributed by atoms with Gasteiger partial charge in [-0.05, 0) is 19.8 Å². The molecule has 0 radical (unpaired) electrons. The van der Waals surface area contributed by atoms with Gasteiger partial charge >= 0.3 is 0 Å². The standard InChI is InChI=1S/C10H13BrN2O2/c1-6-10(7(2)15-12-6)13-5-8(4-11)3-9(13)14/h8H,3-5H2,1-2H3. The molecule has 1 atom stereocenters. The lowest BCUT2D eigenvalue weighted by atomic mass is 10.2. The summed E-state index contributed by atoms with van der Waals surface area (Å²) in [6.45, 7) is 4.46. The third-order valence-electron chi connectivity index (χ3n) is 2.69. The highest BCUT2D eigenvalue weighted by Crippen LogP contribution is 2.30. The van der Waals surface area contributed by atoms with Crippen LogP contribution in [0, 0.1) is 19.8 Å². The maximum absolute atomic E-state index is 11.8. The van der Waals surface area contributed by atoms with E-state index in [1.54, 1.807) is 4.90 Å². The molecule has 0 aromatic carbocycles. The molecule has 2 rings (SSSR count). The molecule has 15 heavy (non-hydrogen) atoms. The highest BCUT2D eigenvalue weighted by atomic mass is 79.9. The van der Waals surface area contributed by atoms with Gasteiger partial charge in [-0.15, -0.1) is 0 Å². The van der Waals surface area contributed by atoms with Gasteiger partial charge in [-0.25, -0.2) is 0 Å². The molecule has 0 spiro atoms. The molecular weight excluding hydrogens is 260 g/mol. The van der Waals surface area contributed by atoms with Crippen LogP contribution in [0.4, 0.5) is 5.69 Å². The van der Waals surface area contributed by atoms with E-state index in [1.165, 1.54) is 0 Å². The van der Waals surface area contributed by atoms with Gasteiger partial charge in [0.25, 0.3) is 0 Å². The Labute approximate surface area is 96.7 Å². The molecule has 1 aliphatic heterocycles. The second kappa shape index (κ2) is 3.96. The van der Waals surface area contributed by atoms with Crippen molar-refractivity contribution >= 4 is 27.5 Å². The highest BCUT2D eigenvalue weighted by Gasteiger charge is 2.33. The number of aromatic nitrogens is 1. The minimum absolute atomic E-state index is 0.161.